The van der Waals surface area contributed by atoms with E-state index in [2.05, 4.69) is 10.3 Å². The van der Waals surface area contributed by atoms with Crippen molar-refractivity contribution in [2.45, 2.75) is 32.1 Å². The summed E-state index contributed by atoms with van der Waals surface area (Å²) in [5, 5.41) is 4.28. The summed E-state index contributed by atoms with van der Waals surface area (Å²) in [4.78, 5) is 10.6. The summed E-state index contributed by atoms with van der Waals surface area (Å²) in [5.41, 5.74) is 8.17. The van der Waals surface area contributed by atoms with Crippen LogP contribution in [0.4, 0.5) is 5.69 Å². The first-order valence-corrected chi connectivity index (χ1v) is 8.22. The van der Waals surface area contributed by atoms with E-state index < -0.39 is 0 Å². The Morgan fingerprint density at radius 1 is 1.24 bits per heavy atom. The number of aromatic nitrogens is 1. The molecule has 0 unspecified atom stereocenters. The van der Waals surface area contributed by atoms with Crippen molar-refractivity contribution in [3.8, 4) is 0 Å². The Bertz CT molecular complexity index is 595. The molecule has 1 aromatic carbocycles. The quantitative estimate of drug-likeness (QED) is 0.674. The number of aryl methyl sites for hydroxylation is 2. The standard InChI is InChI=1S/C16H20N4S/c17-16(19-12-6-2-1-3-7-12)18-11-10-15-20-13-8-4-5-9-14(13)21-15/h1-3,6-7H,4-5,8-11H2,(H3,17,18,19). The second kappa shape index (κ2) is 6.72. The fourth-order valence-corrected chi connectivity index (χ4v) is 3.64. The van der Waals surface area contributed by atoms with Crippen LogP contribution in [0.1, 0.15) is 28.4 Å². The summed E-state index contributed by atoms with van der Waals surface area (Å²) >= 11 is 1.85. The number of thiazole rings is 1. The average Bonchev–Trinajstić information content (AvgIpc) is 2.91. The molecule has 3 N–H and O–H groups in total. The van der Waals surface area contributed by atoms with Crippen molar-refractivity contribution < 1.29 is 0 Å². The number of nitrogens with zero attached hydrogens (tertiary/aromatic N) is 2. The zero-order chi connectivity index (χ0) is 14.5. The van der Waals surface area contributed by atoms with E-state index in [0.29, 0.717) is 12.5 Å². The van der Waals surface area contributed by atoms with Gasteiger partial charge in [-0.15, -0.1) is 11.3 Å². The van der Waals surface area contributed by atoms with E-state index in [0.717, 1.165) is 18.5 Å². The number of fused-ring (bicyclic) bond motifs is 1. The lowest BCUT2D eigenvalue weighted by molar-refractivity contribution is 0.680. The van der Waals surface area contributed by atoms with Gasteiger partial charge in [0.15, 0.2) is 5.96 Å². The van der Waals surface area contributed by atoms with Gasteiger partial charge in [-0.25, -0.2) is 4.98 Å². The lowest BCUT2D eigenvalue weighted by Gasteiger charge is -2.06. The van der Waals surface area contributed by atoms with Gasteiger partial charge in [-0.2, -0.15) is 0 Å². The smallest absolute Gasteiger partial charge is 0.193 e. The molecule has 1 aromatic heterocycles. The maximum atomic E-state index is 5.89. The van der Waals surface area contributed by atoms with Gasteiger partial charge in [-0.3, -0.25) is 4.99 Å². The molecule has 0 bridgehead atoms. The third-order valence-electron chi connectivity index (χ3n) is 3.54. The van der Waals surface area contributed by atoms with Gasteiger partial charge < -0.3 is 11.1 Å². The first-order chi connectivity index (χ1) is 10.3. The van der Waals surface area contributed by atoms with E-state index in [1.165, 1.54) is 34.8 Å². The van der Waals surface area contributed by atoms with Gasteiger partial charge in [-0.05, 0) is 37.8 Å². The van der Waals surface area contributed by atoms with E-state index in [-0.39, 0.29) is 0 Å². The van der Waals surface area contributed by atoms with Crippen LogP contribution in [-0.2, 0) is 19.3 Å². The van der Waals surface area contributed by atoms with Crippen molar-refractivity contribution in [3.05, 3.63) is 45.9 Å². The Labute approximate surface area is 129 Å². The fraction of sp³-hybridized carbons (Fsp3) is 0.375. The van der Waals surface area contributed by atoms with Gasteiger partial charge in [-0.1, -0.05) is 18.2 Å². The molecule has 5 heteroatoms. The van der Waals surface area contributed by atoms with Gasteiger partial charge >= 0.3 is 0 Å². The van der Waals surface area contributed by atoms with E-state index in [9.17, 15) is 0 Å². The zero-order valence-corrected chi connectivity index (χ0v) is 12.8. The number of hydrogen-bond donors (Lipinski definition) is 2. The van der Waals surface area contributed by atoms with E-state index in [1.807, 2.05) is 41.7 Å². The van der Waals surface area contributed by atoms with Crippen LogP contribution in [0.25, 0.3) is 0 Å². The Morgan fingerprint density at radius 3 is 2.86 bits per heavy atom. The fourth-order valence-electron chi connectivity index (χ4n) is 2.49. The predicted octanol–water partition coefficient (Wildman–Crippen LogP) is 2.99. The molecule has 0 radical (unpaired) electrons. The summed E-state index contributed by atoms with van der Waals surface area (Å²) in [6.45, 7) is 0.679. The molecule has 0 aliphatic heterocycles. The van der Waals surface area contributed by atoms with Gasteiger partial charge in [0.1, 0.15) is 0 Å². The topological polar surface area (TPSA) is 63.3 Å². The van der Waals surface area contributed by atoms with Gasteiger partial charge in [0.2, 0.25) is 0 Å². The van der Waals surface area contributed by atoms with E-state index in [1.54, 1.807) is 0 Å². The number of hydrogen-bond acceptors (Lipinski definition) is 3. The number of benzene rings is 1. The van der Waals surface area contributed by atoms with Crippen LogP contribution in [0, 0.1) is 0 Å². The minimum atomic E-state index is 0.461. The second-order valence-corrected chi connectivity index (χ2v) is 6.36. The first kappa shape index (κ1) is 14.1. The van der Waals surface area contributed by atoms with Gasteiger partial charge in [0.25, 0.3) is 0 Å². The largest absolute Gasteiger partial charge is 0.370 e. The molecule has 1 aliphatic carbocycles. The number of nitrogens with two attached hydrogens (primary N) is 1. The van der Waals surface area contributed by atoms with Crippen LogP contribution < -0.4 is 11.1 Å². The molecule has 0 fully saturated rings. The summed E-state index contributed by atoms with van der Waals surface area (Å²) in [6.07, 6.45) is 5.80. The van der Waals surface area contributed by atoms with Crippen molar-refractivity contribution in [1.82, 2.24) is 4.98 Å². The van der Waals surface area contributed by atoms with E-state index in [4.69, 9.17) is 10.7 Å². The van der Waals surface area contributed by atoms with Gasteiger partial charge in [0, 0.05) is 23.5 Å². The first-order valence-electron chi connectivity index (χ1n) is 7.41. The molecule has 1 aliphatic rings. The molecule has 4 nitrogen and oxygen atoms in total. The molecular weight excluding hydrogens is 280 g/mol. The third-order valence-corrected chi connectivity index (χ3v) is 4.76. The second-order valence-electron chi connectivity index (χ2n) is 5.19. The average molecular weight is 300 g/mol. The minimum Gasteiger partial charge on any atom is -0.370 e. The molecule has 0 saturated heterocycles. The summed E-state index contributed by atoms with van der Waals surface area (Å²) in [6, 6.07) is 9.85. The number of nitrogens with one attached hydrogen (secondary N) is 1. The zero-order valence-electron chi connectivity index (χ0n) is 12.0. The van der Waals surface area contributed by atoms with Crippen molar-refractivity contribution in [2.24, 2.45) is 10.7 Å². The van der Waals surface area contributed by atoms with Crippen LogP contribution in [0.2, 0.25) is 0 Å². The maximum absolute atomic E-state index is 5.89. The van der Waals surface area contributed by atoms with Crippen LogP contribution in [0.3, 0.4) is 0 Å². The van der Waals surface area contributed by atoms with E-state index >= 15 is 0 Å². The van der Waals surface area contributed by atoms with Crippen LogP contribution in [0.15, 0.2) is 35.3 Å². The molecule has 0 spiro atoms. The normalized spacial score (nSPS) is 14.8. The Morgan fingerprint density at radius 2 is 2.05 bits per heavy atom. The molecule has 1 heterocycles. The highest BCUT2D eigenvalue weighted by Crippen LogP contribution is 2.26. The Balaban J connectivity index is 1.53. The van der Waals surface area contributed by atoms with Crippen molar-refractivity contribution >= 4 is 23.0 Å². The summed E-state index contributed by atoms with van der Waals surface area (Å²) in [5.74, 6) is 0.461. The molecule has 2 aromatic rings. The Hall–Kier alpha value is -1.88. The lowest BCUT2D eigenvalue weighted by Crippen LogP contribution is -2.23. The van der Waals surface area contributed by atoms with Crippen LogP contribution in [-0.4, -0.2) is 17.5 Å². The van der Waals surface area contributed by atoms with Crippen molar-refractivity contribution in [3.63, 3.8) is 0 Å². The number of anilines is 1. The molecule has 0 atom stereocenters. The molecule has 21 heavy (non-hydrogen) atoms. The third kappa shape index (κ3) is 3.82. The monoisotopic (exact) mass is 300 g/mol. The predicted molar refractivity (Wildman–Crippen MR) is 89.0 cm³/mol. The maximum Gasteiger partial charge on any atom is 0.193 e. The van der Waals surface area contributed by atoms with Crippen molar-refractivity contribution in [2.75, 3.05) is 11.9 Å². The highest BCUT2D eigenvalue weighted by molar-refractivity contribution is 7.11. The van der Waals surface area contributed by atoms with Crippen molar-refractivity contribution in [1.29, 1.82) is 0 Å². The molecular formula is C16H20N4S. The van der Waals surface area contributed by atoms with Crippen LogP contribution >= 0.6 is 11.3 Å². The minimum absolute atomic E-state index is 0.461. The van der Waals surface area contributed by atoms with Gasteiger partial charge in [0.05, 0.1) is 10.7 Å². The van der Waals surface area contributed by atoms with Crippen LogP contribution in [0.5, 0.6) is 0 Å². The molecule has 3 rings (SSSR count). The SMILES string of the molecule is NC(=NCCc1nc2c(s1)CCCC2)Nc1ccccc1. The summed E-state index contributed by atoms with van der Waals surface area (Å²) in [7, 11) is 0. The number of para-hydroxylation sites is 1. The molecule has 110 valence electrons. The number of aliphatic imine (C=N–C) groups is 1. The lowest BCUT2D eigenvalue weighted by atomic mass is 10.0. The number of guanidine groups is 1. The number of rotatable bonds is 4. The molecule has 0 amide bonds. The Kier molecular flexibility index (Phi) is 4.50. The highest BCUT2D eigenvalue weighted by Gasteiger charge is 2.14. The summed E-state index contributed by atoms with van der Waals surface area (Å²) < 4.78 is 0. The molecule has 0 saturated carbocycles. The highest BCUT2D eigenvalue weighted by atomic mass is 32.1.